The Morgan fingerprint density at radius 1 is 1.33 bits per heavy atom. The van der Waals surface area contributed by atoms with Crippen LogP contribution in [0.5, 0.6) is 0 Å². The molecule has 0 saturated heterocycles. The molecule has 1 aromatic carbocycles. The summed E-state index contributed by atoms with van der Waals surface area (Å²) in [5, 5.41) is 11.9. The van der Waals surface area contributed by atoms with Crippen molar-refractivity contribution in [3.05, 3.63) is 42.2 Å². The van der Waals surface area contributed by atoms with Gasteiger partial charge < -0.3 is 16.0 Å². The fraction of sp³-hybridized carbons (Fsp3) is 0. The first-order valence-corrected chi connectivity index (χ1v) is 4.49. The summed E-state index contributed by atoms with van der Waals surface area (Å²) in [6.07, 6.45) is 3.63. The maximum Gasteiger partial charge on any atom is 0.0992 e. The molecule has 2 rings (SSSR count). The van der Waals surface area contributed by atoms with Crippen LogP contribution in [0.25, 0.3) is 0 Å². The van der Waals surface area contributed by atoms with E-state index in [0.29, 0.717) is 11.3 Å². The maximum atomic E-state index is 8.75. The van der Waals surface area contributed by atoms with Gasteiger partial charge in [-0.2, -0.15) is 5.26 Å². The number of nitrogen functional groups attached to an aromatic ring is 1. The average molecular weight is 198 g/mol. The largest absolute Gasteiger partial charge is 0.397 e. The lowest BCUT2D eigenvalue weighted by molar-refractivity contribution is 1.41. The number of nitrogens with zero attached hydrogens (tertiary/aromatic N) is 1. The average Bonchev–Trinajstić information content (AvgIpc) is 2.74. The van der Waals surface area contributed by atoms with Crippen molar-refractivity contribution in [1.82, 2.24) is 4.98 Å². The number of rotatable bonds is 2. The summed E-state index contributed by atoms with van der Waals surface area (Å²) in [4.78, 5) is 2.93. The minimum absolute atomic E-state index is 0.585. The van der Waals surface area contributed by atoms with E-state index in [1.165, 1.54) is 0 Å². The predicted molar refractivity (Wildman–Crippen MR) is 59.6 cm³/mol. The molecule has 74 valence electrons. The highest BCUT2D eigenvalue weighted by Gasteiger charge is 2.01. The molecule has 0 atom stereocenters. The van der Waals surface area contributed by atoms with Gasteiger partial charge in [0, 0.05) is 12.4 Å². The first-order valence-electron chi connectivity index (χ1n) is 4.49. The number of aromatic nitrogens is 1. The second-order valence-corrected chi connectivity index (χ2v) is 3.14. The summed E-state index contributed by atoms with van der Waals surface area (Å²) in [7, 11) is 0. The van der Waals surface area contributed by atoms with Crippen molar-refractivity contribution in [2.24, 2.45) is 0 Å². The van der Waals surface area contributed by atoms with E-state index in [-0.39, 0.29) is 0 Å². The molecule has 0 aliphatic rings. The van der Waals surface area contributed by atoms with Crippen molar-refractivity contribution in [2.45, 2.75) is 0 Å². The normalized spacial score (nSPS) is 9.53. The van der Waals surface area contributed by atoms with Crippen molar-refractivity contribution < 1.29 is 0 Å². The second kappa shape index (κ2) is 3.76. The third kappa shape index (κ3) is 1.92. The predicted octanol–water partition coefficient (Wildman–Crippen LogP) is 2.21. The molecule has 0 aliphatic carbocycles. The monoisotopic (exact) mass is 198 g/mol. The van der Waals surface area contributed by atoms with Crippen LogP contribution in [-0.2, 0) is 0 Å². The van der Waals surface area contributed by atoms with Crippen molar-refractivity contribution in [3.8, 4) is 6.07 Å². The molecule has 15 heavy (non-hydrogen) atoms. The summed E-state index contributed by atoms with van der Waals surface area (Å²) in [5.74, 6) is 0. The third-order valence-electron chi connectivity index (χ3n) is 2.06. The van der Waals surface area contributed by atoms with Crippen LogP contribution in [0.3, 0.4) is 0 Å². The maximum absolute atomic E-state index is 8.75. The minimum atomic E-state index is 0.585. The molecule has 4 N–H and O–H groups in total. The number of hydrogen-bond acceptors (Lipinski definition) is 3. The molecule has 0 radical (unpaired) electrons. The van der Waals surface area contributed by atoms with Crippen LogP contribution in [-0.4, -0.2) is 4.98 Å². The van der Waals surface area contributed by atoms with Gasteiger partial charge in [-0.15, -0.1) is 0 Å². The van der Waals surface area contributed by atoms with Crippen LogP contribution in [0.15, 0.2) is 36.7 Å². The number of hydrogen-bond donors (Lipinski definition) is 3. The van der Waals surface area contributed by atoms with E-state index in [9.17, 15) is 0 Å². The van der Waals surface area contributed by atoms with Crippen LogP contribution < -0.4 is 11.1 Å². The molecule has 4 nitrogen and oxygen atoms in total. The molecule has 2 aromatic rings. The Bertz CT molecular complexity index is 494. The first kappa shape index (κ1) is 9.16. The highest BCUT2D eigenvalue weighted by molar-refractivity contribution is 5.73. The zero-order valence-electron chi connectivity index (χ0n) is 7.99. The van der Waals surface area contributed by atoms with E-state index in [4.69, 9.17) is 11.0 Å². The van der Waals surface area contributed by atoms with Crippen LogP contribution in [0, 0.1) is 11.3 Å². The molecular formula is C11H10N4. The molecule has 0 aliphatic heterocycles. The van der Waals surface area contributed by atoms with Gasteiger partial charge in [0.1, 0.15) is 0 Å². The molecule has 1 aromatic heterocycles. The lowest BCUT2D eigenvalue weighted by Crippen LogP contribution is -1.95. The lowest BCUT2D eigenvalue weighted by atomic mass is 10.2. The lowest BCUT2D eigenvalue weighted by Gasteiger charge is -2.07. The first-order chi connectivity index (χ1) is 7.29. The molecule has 0 amide bonds. The zero-order valence-corrected chi connectivity index (χ0v) is 7.99. The quantitative estimate of drug-likeness (QED) is 0.647. The van der Waals surface area contributed by atoms with E-state index in [1.54, 1.807) is 18.2 Å². The number of nitrogens with one attached hydrogen (secondary N) is 2. The Balaban J connectivity index is 2.32. The van der Waals surface area contributed by atoms with Crippen molar-refractivity contribution in [3.63, 3.8) is 0 Å². The van der Waals surface area contributed by atoms with Gasteiger partial charge in [0.05, 0.1) is 28.7 Å². The summed E-state index contributed by atoms with van der Waals surface area (Å²) >= 11 is 0. The minimum Gasteiger partial charge on any atom is -0.397 e. The van der Waals surface area contributed by atoms with E-state index < -0.39 is 0 Å². The zero-order chi connectivity index (χ0) is 10.7. The second-order valence-electron chi connectivity index (χ2n) is 3.14. The van der Waals surface area contributed by atoms with Crippen molar-refractivity contribution >= 4 is 17.1 Å². The molecule has 0 saturated carbocycles. The Kier molecular flexibility index (Phi) is 2.30. The smallest absolute Gasteiger partial charge is 0.0992 e. The number of nitriles is 1. The molecule has 0 unspecified atom stereocenters. The summed E-state index contributed by atoms with van der Waals surface area (Å²) in [6.45, 7) is 0. The van der Waals surface area contributed by atoms with Crippen molar-refractivity contribution in [2.75, 3.05) is 11.1 Å². The fourth-order valence-corrected chi connectivity index (χ4v) is 1.29. The molecular weight excluding hydrogens is 188 g/mol. The van der Waals surface area contributed by atoms with Gasteiger partial charge in [0.15, 0.2) is 0 Å². The fourth-order valence-electron chi connectivity index (χ4n) is 1.29. The van der Waals surface area contributed by atoms with Gasteiger partial charge in [0.25, 0.3) is 0 Å². The Labute approximate surface area is 87.3 Å². The van der Waals surface area contributed by atoms with Gasteiger partial charge in [-0.05, 0) is 24.3 Å². The van der Waals surface area contributed by atoms with Gasteiger partial charge in [0.2, 0.25) is 0 Å². The van der Waals surface area contributed by atoms with Crippen LogP contribution >= 0.6 is 0 Å². The van der Waals surface area contributed by atoms with E-state index in [1.807, 2.05) is 18.5 Å². The van der Waals surface area contributed by atoms with Crippen LogP contribution in [0.4, 0.5) is 17.1 Å². The Hall–Kier alpha value is -2.41. The summed E-state index contributed by atoms with van der Waals surface area (Å²) < 4.78 is 0. The molecule has 0 spiro atoms. The van der Waals surface area contributed by atoms with Crippen molar-refractivity contribution in [1.29, 1.82) is 5.26 Å². The van der Waals surface area contributed by atoms with Crippen LogP contribution in [0.2, 0.25) is 0 Å². The summed E-state index contributed by atoms with van der Waals surface area (Å²) in [5.41, 5.74) is 8.64. The van der Waals surface area contributed by atoms with Gasteiger partial charge in [-0.25, -0.2) is 0 Å². The highest BCUT2D eigenvalue weighted by atomic mass is 14.9. The highest BCUT2D eigenvalue weighted by Crippen LogP contribution is 2.23. The molecule has 1 heterocycles. The van der Waals surface area contributed by atoms with E-state index in [0.717, 1.165) is 11.4 Å². The number of nitrogens with two attached hydrogens (primary N) is 1. The SMILES string of the molecule is N#Cc1ccc(N)c(Nc2cc[nH]c2)c1. The number of benzene rings is 1. The van der Waals surface area contributed by atoms with E-state index >= 15 is 0 Å². The standard InChI is InChI=1S/C11H10N4/c12-6-8-1-2-10(13)11(5-8)15-9-3-4-14-7-9/h1-5,7,14-15H,13H2. The van der Waals surface area contributed by atoms with Crippen LogP contribution in [0.1, 0.15) is 5.56 Å². The topological polar surface area (TPSA) is 77.6 Å². The van der Waals surface area contributed by atoms with Gasteiger partial charge in [-0.1, -0.05) is 0 Å². The Morgan fingerprint density at radius 2 is 2.20 bits per heavy atom. The third-order valence-corrected chi connectivity index (χ3v) is 2.06. The van der Waals surface area contributed by atoms with E-state index in [2.05, 4.69) is 16.4 Å². The number of anilines is 3. The van der Waals surface area contributed by atoms with Gasteiger partial charge in [-0.3, -0.25) is 0 Å². The molecule has 0 fully saturated rings. The number of aromatic amines is 1. The molecule has 0 bridgehead atoms. The number of H-pyrrole nitrogens is 1. The Morgan fingerprint density at radius 3 is 2.87 bits per heavy atom. The molecule has 4 heteroatoms. The summed E-state index contributed by atoms with van der Waals surface area (Å²) in [6, 6.07) is 9.09. The van der Waals surface area contributed by atoms with Gasteiger partial charge >= 0.3 is 0 Å².